The van der Waals surface area contributed by atoms with E-state index in [-0.39, 0.29) is 11.6 Å². The van der Waals surface area contributed by atoms with Crippen LogP contribution in [0.4, 0.5) is 11.4 Å². The molecular weight excluding hydrogens is 388 g/mol. The van der Waals surface area contributed by atoms with Gasteiger partial charge in [-0.25, -0.2) is 0 Å². The van der Waals surface area contributed by atoms with Crippen LogP contribution in [0, 0.1) is 10.1 Å². The van der Waals surface area contributed by atoms with Crippen molar-refractivity contribution in [3.63, 3.8) is 0 Å². The first kappa shape index (κ1) is 20.5. The number of nitro benzene ring substituents is 1. The molecule has 1 atom stereocenters. The summed E-state index contributed by atoms with van der Waals surface area (Å²) in [7, 11) is 0. The highest BCUT2D eigenvalue weighted by Gasteiger charge is 2.30. The molecule has 1 heterocycles. The van der Waals surface area contributed by atoms with E-state index >= 15 is 0 Å². The van der Waals surface area contributed by atoms with Crippen LogP contribution in [0.3, 0.4) is 0 Å². The number of non-ortho nitro benzene ring substituents is 1. The van der Waals surface area contributed by atoms with Crippen LogP contribution < -0.4 is 16.0 Å². The molecule has 0 aliphatic carbocycles. The van der Waals surface area contributed by atoms with Gasteiger partial charge in [-0.1, -0.05) is 38.1 Å². The van der Waals surface area contributed by atoms with Crippen molar-refractivity contribution in [1.82, 2.24) is 10.6 Å². The Balaban J connectivity index is 1.88. The summed E-state index contributed by atoms with van der Waals surface area (Å²) in [4.78, 5) is 23.4. The maximum absolute atomic E-state index is 13.0. The van der Waals surface area contributed by atoms with E-state index in [0.29, 0.717) is 28.0 Å². The Labute approximate surface area is 174 Å². The van der Waals surface area contributed by atoms with Gasteiger partial charge in [0.25, 0.3) is 11.6 Å². The van der Waals surface area contributed by atoms with E-state index in [1.165, 1.54) is 29.8 Å². The summed E-state index contributed by atoms with van der Waals surface area (Å²) in [5.41, 5.74) is 3.74. The number of thiocarbonyl (C=S) groups is 1. The lowest BCUT2D eigenvalue weighted by atomic mass is 9.92. The molecule has 150 valence electrons. The van der Waals surface area contributed by atoms with E-state index in [1.807, 2.05) is 24.3 Å². The largest absolute Gasteiger partial charge is 0.351 e. The number of nitrogens with one attached hydrogen (secondary N) is 3. The maximum Gasteiger partial charge on any atom is 0.269 e. The molecule has 0 saturated heterocycles. The van der Waals surface area contributed by atoms with Gasteiger partial charge in [-0.3, -0.25) is 14.9 Å². The average Bonchev–Trinajstić information content (AvgIpc) is 2.67. The number of benzene rings is 2. The summed E-state index contributed by atoms with van der Waals surface area (Å²) in [6.45, 7) is 6.05. The Kier molecular flexibility index (Phi) is 5.93. The molecule has 0 saturated carbocycles. The van der Waals surface area contributed by atoms with Gasteiger partial charge in [-0.15, -0.1) is 0 Å². The number of nitrogens with zero attached hydrogens (tertiary/aromatic N) is 1. The van der Waals surface area contributed by atoms with Crippen molar-refractivity contribution in [3.05, 3.63) is 81.0 Å². The highest BCUT2D eigenvalue weighted by atomic mass is 32.1. The number of amides is 1. The van der Waals surface area contributed by atoms with Crippen molar-refractivity contribution in [2.24, 2.45) is 0 Å². The summed E-state index contributed by atoms with van der Waals surface area (Å²) in [6, 6.07) is 13.4. The number of hydrogen-bond acceptors (Lipinski definition) is 4. The number of nitro groups is 1. The van der Waals surface area contributed by atoms with Crippen molar-refractivity contribution in [1.29, 1.82) is 0 Å². The number of carbonyl (C=O) groups excluding carboxylic acids is 1. The molecule has 2 aromatic rings. The molecule has 3 N–H and O–H groups in total. The predicted molar refractivity (Wildman–Crippen MR) is 117 cm³/mol. The third-order valence-electron chi connectivity index (χ3n) is 4.79. The molecule has 0 radical (unpaired) electrons. The molecule has 1 aliphatic rings. The van der Waals surface area contributed by atoms with Crippen molar-refractivity contribution < 1.29 is 9.72 Å². The third-order valence-corrected chi connectivity index (χ3v) is 5.01. The lowest BCUT2D eigenvalue weighted by molar-refractivity contribution is -0.384. The Hall–Kier alpha value is -3.26. The first-order valence-corrected chi connectivity index (χ1v) is 9.61. The van der Waals surface area contributed by atoms with Crippen LogP contribution in [-0.4, -0.2) is 15.9 Å². The Bertz CT molecular complexity index is 982. The maximum atomic E-state index is 13.0. The molecule has 2 aromatic carbocycles. The van der Waals surface area contributed by atoms with Gasteiger partial charge in [-0.05, 0) is 48.3 Å². The molecular formula is C21H22N4O3S. The van der Waals surface area contributed by atoms with Crippen molar-refractivity contribution in [2.45, 2.75) is 32.7 Å². The zero-order valence-electron chi connectivity index (χ0n) is 16.4. The van der Waals surface area contributed by atoms with Gasteiger partial charge in [0, 0.05) is 23.5 Å². The minimum atomic E-state index is -0.481. The van der Waals surface area contributed by atoms with Crippen molar-refractivity contribution in [3.8, 4) is 0 Å². The van der Waals surface area contributed by atoms with Crippen LogP contribution in [0.5, 0.6) is 0 Å². The second kappa shape index (κ2) is 8.40. The number of hydrogen-bond donors (Lipinski definition) is 3. The summed E-state index contributed by atoms with van der Waals surface area (Å²) < 4.78 is 0. The fourth-order valence-corrected chi connectivity index (χ4v) is 3.45. The summed E-state index contributed by atoms with van der Waals surface area (Å²) in [6.07, 6.45) is 0. The van der Waals surface area contributed by atoms with Gasteiger partial charge in [0.05, 0.1) is 16.5 Å². The van der Waals surface area contributed by atoms with E-state index in [2.05, 4.69) is 29.8 Å². The van der Waals surface area contributed by atoms with Crippen LogP contribution in [0.15, 0.2) is 59.8 Å². The minimum absolute atomic E-state index is 0.0344. The molecule has 1 aliphatic heterocycles. The SMILES string of the molecule is CC1=C(C(=O)Nc2ccc([N+](=O)[O-])cc2)C(c2ccc(C(C)C)cc2)NC(=S)N1. The van der Waals surface area contributed by atoms with Gasteiger partial charge < -0.3 is 16.0 Å². The monoisotopic (exact) mass is 410 g/mol. The Morgan fingerprint density at radius 3 is 2.31 bits per heavy atom. The summed E-state index contributed by atoms with van der Waals surface area (Å²) >= 11 is 5.28. The molecule has 3 rings (SSSR count). The fraction of sp³-hybridized carbons (Fsp3) is 0.238. The molecule has 0 aromatic heterocycles. The third kappa shape index (κ3) is 4.60. The second-order valence-corrected chi connectivity index (χ2v) is 7.56. The minimum Gasteiger partial charge on any atom is -0.351 e. The molecule has 8 heteroatoms. The van der Waals surface area contributed by atoms with E-state index in [9.17, 15) is 14.9 Å². The Morgan fingerprint density at radius 1 is 1.14 bits per heavy atom. The van der Waals surface area contributed by atoms with Crippen LogP contribution >= 0.6 is 12.2 Å². The first-order valence-electron chi connectivity index (χ1n) is 9.20. The van der Waals surface area contributed by atoms with Crippen LogP contribution in [0.1, 0.15) is 43.9 Å². The van der Waals surface area contributed by atoms with Gasteiger partial charge in [0.1, 0.15) is 0 Å². The second-order valence-electron chi connectivity index (χ2n) is 7.15. The van der Waals surface area contributed by atoms with Crippen LogP contribution in [-0.2, 0) is 4.79 Å². The van der Waals surface area contributed by atoms with Gasteiger partial charge in [-0.2, -0.15) is 0 Å². The summed E-state index contributed by atoms with van der Waals surface area (Å²) in [5.74, 6) is 0.102. The van der Waals surface area contributed by atoms with Crippen molar-refractivity contribution >= 4 is 34.6 Å². The number of rotatable bonds is 5. The lowest BCUT2D eigenvalue weighted by Crippen LogP contribution is -2.45. The first-order chi connectivity index (χ1) is 13.8. The quantitative estimate of drug-likeness (QED) is 0.389. The molecule has 7 nitrogen and oxygen atoms in total. The molecule has 0 fully saturated rings. The van der Waals surface area contributed by atoms with Gasteiger partial charge in [0.2, 0.25) is 0 Å². The highest BCUT2D eigenvalue weighted by Crippen LogP contribution is 2.29. The van der Waals surface area contributed by atoms with E-state index < -0.39 is 11.0 Å². The zero-order valence-corrected chi connectivity index (χ0v) is 17.2. The predicted octanol–water partition coefficient (Wildman–Crippen LogP) is 4.15. The number of carbonyl (C=O) groups is 1. The van der Waals surface area contributed by atoms with E-state index in [4.69, 9.17) is 12.2 Å². The number of allylic oxidation sites excluding steroid dienone is 1. The number of anilines is 1. The highest BCUT2D eigenvalue weighted by molar-refractivity contribution is 7.80. The van der Waals surface area contributed by atoms with E-state index in [0.717, 1.165) is 5.56 Å². The lowest BCUT2D eigenvalue weighted by Gasteiger charge is -2.30. The zero-order chi connectivity index (χ0) is 21.1. The topological polar surface area (TPSA) is 96.3 Å². The van der Waals surface area contributed by atoms with Crippen LogP contribution in [0.25, 0.3) is 0 Å². The fourth-order valence-electron chi connectivity index (χ4n) is 3.18. The molecule has 1 unspecified atom stereocenters. The van der Waals surface area contributed by atoms with Crippen molar-refractivity contribution in [2.75, 3.05) is 5.32 Å². The standard InChI is InChI=1S/C21H22N4O3S/c1-12(2)14-4-6-15(7-5-14)19-18(13(3)22-21(29)24-19)20(26)23-16-8-10-17(11-9-16)25(27)28/h4-12,19H,1-3H3,(H,23,26)(H2,22,24,29). The summed E-state index contributed by atoms with van der Waals surface area (Å²) in [5, 5.41) is 20.2. The Morgan fingerprint density at radius 2 is 1.76 bits per heavy atom. The molecule has 0 spiro atoms. The van der Waals surface area contributed by atoms with Gasteiger partial charge in [0.15, 0.2) is 5.11 Å². The smallest absolute Gasteiger partial charge is 0.269 e. The molecule has 0 bridgehead atoms. The molecule has 1 amide bonds. The van der Waals surface area contributed by atoms with E-state index in [1.54, 1.807) is 6.92 Å². The van der Waals surface area contributed by atoms with Gasteiger partial charge >= 0.3 is 0 Å². The van der Waals surface area contributed by atoms with Crippen LogP contribution in [0.2, 0.25) is 0 Å². The molecule has 29 heavy (non-hydrogen) atoms. The normalized spacial score (nSPS) is 16.3. The average molecular weight is 410 g/mol.